The average Bonchev–Trinajstić information content (AvgIpc) is 3.57. The van der Waals surface area contributed by atoms with Crippen molar-refractivity contribution in [1.29, 1.82) is 0 Å². The van der Waals surface area contributed by atoms with Gasteiger partial charge in [-0.1, -0.05) is 26.0 Å². The zero-order valence-corrected chi connectivity index (χ0v) is 31.0. The fraction of sp³-hybridized carbons (Fsp3) is 0.500. The van der Waals surface area contributed by atoms with Crippen LogP contribution in [0, 0.1) is 5.92 Å². The number of nitrogens with zero attached hydrogens (tertiary/aromatic N) is 1. The molecule has 2 aromatic rings. The van der Waals surface area contributed by atoms with Gasteiger partial charge in [0.2, 0.25) is 45.5 Å². The number of imidazole rings is 1. The number of nitrogens with one attached hydrogen (secondary N) is 7. The van der Waals surface area contributed by atoms with Crippen molar-refractivity contribution in [2.75, 3.05) is 17.8 Å². The maximum Gasteiger partial charge on any atom is 0.244 e. The van der Waals surface area contributed by atoms with E-state index in [2.05, 4.69) is 66.5 Å². The Labute approximate surface area is 306 Å². The molecule has 0 aliphatic rings. The number of rotatable bonds is 20. The molecule has 2 rings (SSSR count). The predicted octanol–water partition coefficient (Wildman–Crippen LogP) is -2.74. The smallest absolute Gasteiger partial charge is 0.244 e. The Kier molecular flexibility index (Phi) is 16.7. The SMILES string of the molecule is CC(C)[C@H](NC(=O)[C@H](C)NC(=O)[C@H](Cc1cnc[nH]1)NC(=O)[C@H](CS)NS(C)(=O)=O)C(=O)N[C@@H](CS)C(=O)N[C@@H](Cc1ccc(O)cc1)C(N)=O. The number of carbonyl (C=O) groups is 6. The number of amides is 6. The molecule has 1 aromatic carbocycles. The number of primary amides is 1. The fourth-order valence-electron chi connectivity index (χ4n) is 4.54. The molecule has 0 saturated carbocycles. The third-order valence-electron chi connectivity index (χ3n) is 7.32. The van der Waals surface area contributed by atoms with Crippen LogP contribution in [-0.2, 0) is 51.6 Å². The zero-order valence-electron chi connectivity index (χ0n) is 28.4. The maximum atomic E-state index is 13.3. The van der Waals surface area contributed by atoms with E-state index >= 15 is 0 Å². The minimum absolute atomic E-state index is 0.0159. The summed E-state index contributed by atoms with van der Waals surface area (Å²) >= 11 is 8.18. The van der Waals surface area contributed by atoms with Crippen LogP contribution in [0.1, 0.15) is 32.0 Å². The Balaban J connectivity index is 2.10. The number of benzene rings is 1. The standard InChI is InChI=1S/C30H45N9O9S3/c1-15(2)24(30(46)37-22(12-49)28(44)35-20(25(31)41)9-17-5-7-19(40)8-6-17)38-26(42)16(3)34-27(43)21(10-18-11-32-14-33-18)36-29(45)23(13-50)39-51(4,47)48/h5-8,11,14-16,20-24,39-40,49-50H,9-10,12-13H2,1-4H3,(H2,31,41)(H,32,33)(H,34,43)(H,35,44)(H,36,45)(H,37,46)(H,38,42)/t16-,20-,21-,22-,23-,24-/m0/s1. The van der Waals surface area contributed by atoms with Crippen LogP contribution in [0.2, 0.25) is 0 Å². The Bertz CT molecular complexity index is 1620. The molecule has 0 bridgehead atoms. The summed E-state index contributed by atoms with van der Waals surface area (Å²) < 4.78 is 25.5. The van der Waals surface area contributed by atoms with E-state index in [1.807, 2.05) is 0 Å². The third-order valence-corrected chi connectivity index (χ3v) is 8.76. The van der Waals surface area contributed by atoms with Gasteiger partial charge in [-0.2, -0.15) is 25.3 Å². The van der Waals surface area contributed by atoms with E-state index in [1.165, 1.54) is 31.6 Å². The number of H-pyrrole nitrogens is 1. The quantitative estimate of drug-likeness (QED) is 0.0618. The molecule has 1 heterocycles. The molecular weight excluding hydrogens is 727 g/mol. The van der Waals surface area contributed by atoms with Crippen molar-refractivity contribution >= 4 is 70.7 Å². The van der Waals surface area contributed by atoms with Crippen molar-refractivity contribution in [1.82, 2.24) is 41.3 Å². The Morgan fingerprint density at radius 3 is 1.84 bits per heavy atom. The van der Waals surface area contributed by atoms with Gasteiger partial charge in [0.1, 0.15) is 42.0 Å². The molecular formula is C30H45N9O9S3. The second-order valence-electron chi connectivity index (χ2n) is 12.0. The molecule has 10 N–H and O–H groups in total. The highest BCUT2D eigenvalue weighted by Gasteiger charge is 2.33. The summed E-state index contributed by atoms with van der Waals surface area (Å²) in [4.78, 5) is 84.6. The van der Waals surface area contributed by atoms with Gasteiger partial charge in [0.15, 0.2) is 0 Å². The van der Waals surface area contributed by atoms with Gasteiger partial charge in [-0.25, -0.2) is 18.1 Å². The highest BCUT2D eigenvalue weighted by atomic mass is 32.2. The van der Waals surface area contributed by atoms with E-state index in [0.717, 1.165) is 6.26 Å². The van der Waals surface area contributed by atoms with E-state index in [-0.39, 0.29) is 30.1 Å². The highest BCUT2D eigenvalue weighted by Crippen LogP contribution is 2.12. The Morgan fingerprint density at radius 2 is 1.33 bits per heavy atom. The molecule has 0 radical (unpaired) electrons. The largest absolute Gasteiger partial charge is 0.508 e. The van der Waals surface area contributed by atoms with Gasteiger partial charge >= 0.3 is 0 Å². The molecule has 6 amide bonds. The molecule has 21 heteroatoms. The lowest BCUT2D eigenvalue weighted by atomic mass is 10.0. The van der Waals surface area contributed by atoms with Crippen molar-refractivity contribution in [2.24, 2.45) is 11.7 Å². The zero-order chi connectivity index (χ0) is 38.5. The summed E-state index contributed by atoms with van der Waals surface area (Å²) in [7, 11) is -3.79. The number of phenolic OH excluding ortho intramolecular Hbond substituents is 1. The average molecular weight is 772 g/mol. The second-order valence-corrected chi connectivity index (χ2v) is 14.5. The summed E-state index contributed by atoms with van der Waals surface area (Å²) in [6.07, 6.45) is 3.56. The van der Waals surface area contributed by atoms with Gasteiger partial charge in [-0.3, -0.25) is 28.8 Å². The normalized spacial score (nSPS) is 15.0. The molecule has 0 aliphatic carbocycles. The van der Waals surface area contributed by atoms with Crippen molar-refractivity contribution in [3.8, 4) is 5.75 Å². The van der Waals surface area contributed by atoms with Crippen LogP contribution < -0.4 is 37.0 Å². The van der Waals surface area contributed by atoms with Crippen LogP contribution in [0.5, 0.6) is 5.75 Å². The van der Waals surface area contributed by atoms with Gasteiger partial charge in [0, 0.05) is 36.2 Å². The van der Waals surface area contributed by atoms with E-state index in [9.17, 15) is 42.3 Å². The minimum atomic E-state index is -3.79. The second kappa shape index (κ2) is 19.9. The Morgan fingerprint density at radius 1 is 0.784 bits per heavy atom. The van der Waals surface area contributed by atoms with Gasteiger partial charge in [0.05, 0.1) is 12.6 Å². The molecule has 1 aromatic heterocycles. The summed E-state index contributed by atoms with van der Waals surface area (Å²) in [6.45, 7) is 4.63. The van der Waals surface area contributed by atoms with Crippen molar-refractivity contribution in [3.63, 3.8) is 0 Å². The summed E-state index contributed by atoms with van der Waals surface area (Å²) in [5, 5.41) is 22.0. The molecule has 0 saturated heterocycles. The number of nitrogens with two attached hydrogens (primary N) is 1. The minimum Gasteiger partial charge on any atom is -0.508 e. The number of sulfonamides is 1. The predicted molar refractivity (Wildman–Crippen MR) is 193 cm³/mol. The molecule has 51 heavy (non-hydrogen) atoms. The fourth-order valence-corrected chi connectivity index (χ4v) is 5.89. The van der Waals surface area contributed by atoms with Crippen LogP contribution in [0.3, 0.4) is 0 Å². The lowest BCUT2D eigenvalue weighted by molar-refractivity contribution is -0.135. The number of thiol groups is 2. The molecule has 0 spiro atoms. The topological polar surface area (TPSA) is 284 Å². The van der Waals surface area contributed by atoms with Crippen LogP contribution in [-0.4, -0.2) is 113 Å². The number of phenols is 1. The molecule has 282 valence electrons. The van der Waals surface area contributed by atoms with Gasteiger partial charge in [0.25, 0.3) is 0 Å². The van der Waals surface area contributed by atoms with E-state index in [4.69, 9.17) is 5.73 Å². The van der Waals surface area contributed by atoms with E-state index in [0.29, 0.717) is 11.3 Å². The lowest BCUT2D eigenvalue weighted by Gasteiger charge is -2.27. The molecule has 0 unspecified atom stereocenters. The first-order chi connectivity index (χ1) is 23.8. The van der Waals surface area contributed by atoms with Crippen LogP contribution in [0.15, 0.2) is 36.8 Å². The number of carbonyl (C=O) groups excluding carboxylic acids is 6. The molecule has 6 atom stereocenters. The summed E-state index contributed by atoms with van der Waals surface area (Å²) in [5.74, 6) is -5.62. The van der Waals surface area contributed by atoms with Crippen LogP contribution in [0.25, 0.3) is 0 Å². The number of hydrogen-bond donors (Lipinski definition) is 11. The van der Waals surface area contributed by atoms with Crippen molar-refractivity contribution < 1.29 is 42.3 Å². The monoisotopic (exact) mass is 771 g/mol. The number of hydrogen-bond acceptors (Lipinski definition) is 12. The van der Waals surface area contributed by atoms with Crippen LogP contribution >= 0.6 is 25.3 Å². The summed E-state index contributed by atoms with van der Waals surface area (Å²) in [5.41, 5.74) is 6.55. The number of aromatic amines is 1. The number of aromatic hydroxyl groups is 1. The Hall–Kier alpha value is -4.34. The first-order valence-corrected chi connectivity index (χ1v) is 18.8. The first-order valence-electron chi connectivity index (χ1n) is 15.6. The third kappa shape index (κ3) is 14.4. The highest BCUT2D eigenvalue weighted by molar-refractivity contribution is 7.88. The molecule has 18 nitrogen and oxygen atoms in total. The van der Waals surface area contributed by atoms with Crippen molar-refractivity contribution in [3.05, 3.63) is 48.0 Å². The molecule has 0 aliphatic heterocycles. The number of aromatic nitrogens is 2. The lowest BCUT2D eigenvalue weighted by Crippen LogP contribution is -2.60. The van der Waals surface area contributed by atoms with Crippen molar-refractivity contribution in [2.45, 2.75) is 69.9 Å². The van der Waals surface area contributed by atoms with Gasteiger partial charge in [-0.15, -0.1) is 0 Å². The van der Waals surface area contributed by atoms with E-state index in [1.54, 1.807) is 26.0 Å². The van der Waals surface area contributed by atoms with Crippen LogP contribution in [0.4, 0.5) is 0 Å². The maximum absolute atomic E-state index is 13.3. The summed E-state index contributed by atoms with van der Waals surface area (Å²) in [6, 6.07) is -1.43. The van der Waals surface area contributed by atoms with E-state index < -0.39 is 87.6 Å². The van der Waals surface area contributed by atoms with Gasteiger partial charge < -0.3 is 42.4 Å². The molecule has 0 fully saturated rings. The van der Waals surface area contributed by atoms with Gasteiger partial charge in [-0.05, 0) is 30.5 Å². The first kappa shape index (κ1) is 42.8.